The zero-order chi connectivity index (χ0) is 16.5. The summed E-state index contributed by atoms with van der Waals surface area (Å²) in [6.45, 7) is 7.98. The van der Waals surface area contributed by atoms with Crippen LogP contribution in [0.25, 0.3) is 0 Å². The van der Waals surface area contributed by atoms with E-state index in [-0.39, 0.29) is 35.1 Å². The van der Waals surface area contributed by atoms with Crippen molar-refractivity contribution in [2.45, 2.75) is 58.2 Å². The van der Waals surface area contributed by atoms with Gasteiger partial charge in [0, 0.05) is 16.5 Å². The monoisotopic (exact) mass is 322 g/mol. The molecule has 0 radical (unpaired) electrons. The first-order valence-corrected chi connectivity index (χ1v) is 7.97. The van der Waals surface area contributed by atoms with Crippen molar-refractivity contribution in [3.05, 3.63) is 34.9 Å². The largest absolute Gasteiger partial charge is 0.370 e. The molecule has 0 unspecified atom stereocenters. The maximum Gasteiger partial charge on any atom is 0.170 e. The first kappa shape index (κ1) is 17.2. The highest BCUT2D eigenvalue weighted by molar-refractivity contribution is 6.30. The van der Waals surface area contributed by atoms with Gasteiger partial charge in [-0.1, -0.05) is 11.6 Å². The van der Waals surface area contributed by atoms with E-state index in [1.807, 2.05) is 27.7 Å². The molecule has 1 aliphatic heterocycles. The van der Waals surface area contributed by atoms with Crippen molar-refractivity contribution < 1.29 is 14.3 Å². The molecule has 1 aromatic rings. The lowest BCUT2D eigenvalue weighted by Gasteiger charge is -2.44. The molecule has 120 valence electrons. The summed E-state index contributed by atoms with van der Waals surface area (Å²) < 4.78 is 5.99. The molecule has 0 spiro atoms. The molecule has 0 aliphatic carbocycles. The lowest BCUT2D eigenvalue weighted by molar-refractivity contribution is -0.177. The second-order valence-corrected chi connectivity index (χ2v) is 7.74. The number of carbonyl (C=O) groups excluding carboxylic acids is 2. The molecule has 0 atom stereocenters. The van der Waals surface area contributed by atoms with E-state index in [4.69, 9.17) is 16.3 Å². The number of rotatable bonds is 4. The van der Waals surface area contributed by atoms with Gasteiger partial charge in [-0.25, -0.2) is 0 Å². The van der Waals surface area contributed by atoms with E-state index in [0.717, 1.165) is 0 Å². The first-order valence-electron chi connectivity index (χ1n) is 7.60. The van der Waals surface area contributed by atoms with Crippen molar-refractivity contribution >= 4 is 23.2 Å². The Labute approximate surface area is 137 Å². The smallest absolute Gasteiger partial charge is 0.170 e. The van der Waals surface area contributed by atoms with Crippen molar-refractivity contribution in [1.29, 1.82) is 0 Å². The number of hydrogen-bond donors (Lipinski definition) is 0. The Bertz CT molecular complexity index is 556. The third-order valence-electron chi connectivity index (χ3n) is 3.98. The molecule has 1 saturated heterocycles. The molecule has 1 heterocycles. The lowest BCUT2D eigenvalue weighted by Crippen LogP contribution is -2.47. The number of halogens is 1. The van der Waals surface area contributed by atoms with E-state index in [9.17, 15) is 9.59 Å². The van der Waals surface area contributed by atoms with Gasteiger partial charge in [-0.2, -0.15) is 0 Å². The van der Waals surface area contributed by atoms with Crippen molar-refractivity contribution in [2.24, 2.45) is 5.92 Å². The Morgan fingerprint density at radius 2 is 1.59 bits per heavy atom. The molecular weight excluding hydrogens is 300 g/mol. The summed E-state index contributed by atoms with van der Waals surface area (Å²) in [4.78, 5) is 24.8. The van der Waals surface area contributed by atoms with Gasteiger partial charge >= 0.3 is 0 Å². The number of ketones is 2. The van der Waals surface area contributed by atoms with Gasteiger partial charge in [-0.3, -0.25) is 9.59 Å². The van der Waals surface area contributed by atoms with Gasteiger partial charge in [-0.05, 0) is 64.8 Å². The fourth-order valence-electron chi connectivity index (χ4n) is 3.36. The third-order valence-corrected chi connectivity index (χ3v) is 4.24. The van der Waals surface area contributed by atoms with Crippen LogP contribution in [0, 0.1) is 5.92 Å². The maximum absolute atomic E-state index is 12.5. The minimum Gasteiger partial charge on any atom is -0.370 e. The minimum absolute atomic E-state index is 0.00407. The van der Waals surface area contributed by atoms with Gasteiger partial charge in [0.2, 0.25) is 0 Å². The third kappa shape index (κ3) is 4.40. The van der Waals surface area contributed by atoms with Gasteiger partial charge in [0.05, 0.1) is 17.6 Å². The summed E-state index contributed by atoms with van der Waals surface area (Å²) in [5, 5.41) is 0.579. The molecular formula is C18H23ClO3. The van der Waals surface area contributed by atoms with Gasteiger partial charge in [0.1, 0.15) is 5.78 Å². The molecule has 0 saturated carbocycles. The molecule has 1 fully saturated rings. The molecule has 1 aromatic carbocycles. The molecule has 0 amide bonds. The van der Waals surface area contributed by atoms with E-state index in [2.05, 4.69) is 0 Å². The zero-order valence-electron chi connectivity index (χ0n) is 13.6. The van der Waals surface area contributed by atoms with E-state index >= 15 is 0 Å². The number of hydrogen-bond acceptors (Lipinski definition) is 3. The molecule has 4 heteroatoms. The average molecular weight is 323 g/mol. The molecule has 1 aliphatic rings. The molecule has 0 N–H and O–H groups in total. The number of carbonyl (C=O) groups is 2. The predicted octanol–water partition coefficient (Wildman–Crippen LogP) is 4.47. The summed E-state index contributed by atoms with van der Waals surface area (Å²) in [7, 11) is 0. The van der Waals surface area contributed by atoms with Crippen LogP contribution in [-0.2, 0) is 9.53 Å². The first-order chi connectivity index (χ1) is 10.1. The van der Waals surface area contributed by atoms with Crippen LogP contribution in [0.3, 0.4) is 0 Å². The van der Waals surface area contributed by atoms with Gasteiger partial charge in [-0.15, -0.1) is 0 Å². The fraction of sp³-hybridized carbons (Fsp3) is 0.556. The second kappa shape index (κ2) is 6.13. The fourth-order valence-corrected chi connectivity index (χ4v) is 3.48. The Kier molecular flexibility index (Phi) is 4.78. The number of Topliss-reactive ketones (excluding diaryl/α,β-unsaturated/α-hetero) is 2. The lowest BCUT2D eigenvalue weighted by atomic mass is 9.77. The molecule has 0 bridgehead atoms. The summed E-state index contributed by atoms with van der Waals surface area (Å²) in [5.74, 6) is -0.275. The van der Waals surface area contributed by atoms with Crippen molar-refractivity contribution in [3.63, 3.8) is 0 Å². The van der Waals surface area contributed by atoms with Crippen LogP contribution in [-0.4, -0.2) is 22.8 Å². The van der Waals surface area contributed by atoms with E-state index < -0.39 is 0 Å². The Hall–Kier alpha value is -1.19. The number of benzene rings is 1. The zero-order valence-corrected chi connectivity index (χ0v) is 14.4. The minimum atomic E-state index is -0.342. The van der Waals surface area contributed by atoms with Crippen LogP contribution < -0.4 is 0 Å². The van der Waals surface area contributed by atoms with Gasteiger partial charge < -0.3 is 4.74 Å². The highest BCUT2D eigenvalue weighted by Crippen LogP contribution is 2.39. The quantitative estimate of drug-likeness (QED) is 0.607. The summed E-state index contributed by atoms with van der Waals surface area (Å²) in [5.41, 5.74) is -0.153. The van der Waals surface area contributed by atoms with Crippen LogP contribution in [0.2, 0.25) is 5.02 Å². The van der Waals surface area contributed by atoms with E-state index in [1.165, 1.54) is 0 Å². The Balaban J connectivity index is 2.05. The van der Waals surface area contributed by atoms with Crippen LogP contribution >= 0.6 is 11.6 Å². The number of ether oxygens (including phenoxy) is 1. The normalized spacial score (nSPS) is 20.6. The topological polar surface area (TPSA) is 43.4 Å². The Morgan fingerprint density at radius 3 is 2.09 bits per heavy atom. The molecule has 2 rings (SSSR count). The van der Waals surface area contributed by atoms with Crippen LogP contribution in [0.5, 0.6) is 0 Å². The van der Waals surface area contributed by atoms with Gasteiger partial charge in [0.25, 0.3) is 0 Å². The predicted molar refractivity (Wildman–Crippen MR) is 87.4 cm³/mol. The average Bonchev–Trinajstić information content (AvgIpc) is 2.35. The molecule has 3 nitrogen and oxygen atoms in total. The Morgan fingerprint density at radius 1 is 1.09 bits per heavy atom. The SMILES string of the molecule is CC1(C)CC(C(=O)CC(=O)c2ccc(Cl)cc2)CC(C)(C)O1. The van der Waals surface area contributed by atoms with Crippen molar-refractivity contribution in [1.82, 2.24) is 0 Å². The van der Waals surface area contributed by atoms with Crippen LogP contribution in [0.1, 0.15) is 57.3 Å². The summed E-state index contributed by atoms with van der Waals surface area (Å²) in [6.07, 6.45) is 1.25. The highest BCUT2D eigenvalue weighted by Gasteiger charge is 2.42. The van der Waals surface area contributed by atoms with Crippen LogP contribution in [0.4, 0.5) is 0 Å². The standard InChI is InChI=1S/C18H23ClO3/c1-17(2)10-13(11-18(3,4)22-17)16(21)9-15(20)12-5-7-14(19)8-6-12/h5-8,13H,9-11H2,1-4H3. The summed E-state index contributed by atoms with van der Waals surface area (Å²) >= 11 is 5.81. The van der Waals surface area contributed by atoms with Crippen LogP contribution in [0.15, 0.2) is 24.3 Å². The van der Waals surface area contributed by atoms with Crippen molar-refractivity contribution in [3.8, 4) is 0 Å². The maximum atomic E-state index is 12.5. The second-order valence-electron chi connectivity index (χ2n) is 7.30. The van der Waals surface area contributed by atoms with Gasteiger partial charge in [0.15, 0.2) is 5.78 Å². The van der Waals surface area contributed by atoms with Crippen molar-refractivity contribution in [2.75, 3.05) is 0 Å². The molecule has 0 aromatic heterocycles. The summed E-state index contributed by atoms with van der Waals surface area (Å²) in [6, 6.07) is 6.66. The highest BCUT2D eigenvalue weighted by atomic mass is 35.5. The van der Waals surface area contributed by atoms with E-state index in [1.54, 1.807) is 24.3 Å². The molecule has 22 heavy (non-hydrogen) atoms. The van der Waals surface area contributed by atoms with E-state index in [0.29, 0.717) is 23.4 Å².